The largest absolute Gasteiger partial charge is 0.461 e. The van der Waals surface area contributed by atoms with Crippen molar-refractivity contribution in [2.45, 2.75) is 53.7 Å². The van der Waals surface area contributed by atoms with Crippen LogP contribution in [-0.2, 0) is 29.1 Å². The van der Waals surface area contributed by atoms with Crippen molar-refractivity contribution in [2.75, 3.05) is 0 Å². The van der Waals surface area contributed by atoms with Crippen LogP contribution in [0.5, 0.6) is 0 Å². The quantitative estimate of drug-likeness (QED) is 0.554. The van der Waals surface area contributed by atoms with Gasteiger partial charge in [-0.2, -0.15) is 10.2 Å². The fraction of sp³-hybridized carbons (Fsp3) is 0.409. The Labute approximate surface area is 166 Å². The van der Waals surface area contributed by atoms with Gasteiger partial charge in [-0.05, 0) is 55.5 Å². The van der Waals surface area contributed by atoms with E-state index in [0.29, 0.717) is 18.8 Å². The van der Waals surface area contributed by atoms with Gasteiger partial charge in [-0.1, -0.05) is 26.0 Å². The second-order valence-electron chi connectivity index (χ2n) is 7.50. The van der Waals surface area contributed by atoms with Gasteiger partial charge >= 0.3 is 5.97 Å². The lowest BCUT2D eigenvalue weighted by Gasteiger charge is -2.08. The molecule has 6 heteroatoms. The van der Waals surface area contributed by atoms with Crippen LogP contribution >= 0.6 is 0 Å². The fourth-order valence-electron chi connectivity index (χ4n) is 3.25. The van der Waals surface area contributed by atoms with Crippen LogP contribution in [0, 0.1) is 19.8 Å². The first-order valence-electron chi connectivity index (χ1n) is 9.71. The number of carbonyl (C=O) groups excluding carboxylic acids is 1. The van der Waals surface area contributed by atoms with Crippen LogP contribution in [0.4, 0.5) is 0 Å². The number of hydrogen-bond acceptors (Lipinski definition) is 4. The molecule has 0 spiro atoms. The average molecular weight is 380 g/mol. The number of aromatic nitrogens is 4. The van der Waals surface area contributed by atoms with E-state index in [0.717, 1.165) is 34.7 Å². The zero-order valence-corrected chi connectivity index (χ0v) is 17.1. The van der Waals surface area contributed by atoms with Crippen LogP contribution in [0.1, 0.15) is 42.8 Å². The van der Waals surface area contributed by atoms with Crippen LogP contribution in [0.3, 0.4) is 0 Å². The van der Waals surface area contributed by atoms with Crippen molar-refractivity contribution in [3.8, 4) is 5.69 Å². The minimum atomic E-state index is -0.188. The zero-order chi connectivity index (χ0) is 20.1. The standard InChI is InChI=1S/C22H28N4O2/c1-16(2)14-26-18(4)21(17(3)24-26)10-11-22(27)28-15-19-6-8-20(9-7-19)25-13-5-12-23-25/h5-9,12-13,16H,10-11,14-15H2,1-4H3. The van der Waals surface area contributed by atoms with Gasteiger partial charge < -0.3 is 4.74 Å². The molecule has 0 N–H and O–H groups in total. The first-order chi connectivity index (χ1) is 13.4. The molecule has 0 saturated heterocycles. The van der Waals surface area contributed by atoms with Gasteiger partial charge in [0, 0.05) is 31.1 Å². The molecule has 3 aromatic rings. The summed E-state index contributed by atoms with van der Waals surface area (Å²) in [5.74, 6) is 0.349. The molecule has 0 aliphatic carbocycles. The van der Waals surface area contributed by atoms with Gasteiger partial charge in [0.15, 0.2) is 0 Å². The molecule has 2 heterocycles. The van der Waals surface area contributed by atoms with Gasteiger partial charge in [-0.15, -0.1) is 0 Å². The van der Waals surface area contributed by atoms with E-state index in [2.05, 4.69) is 31.0 Å². The highest BCUT2D eigenvalue weighted by atomic mass is 16.5. The maximum Gasteiger partial charge on any atom is 0.306 e. The second kappa shape index (κ2) is 8.87. The van der Waals surface area contributed by atoms with Gasteiger partial charge in [0.1, 0.15) is 6.61 Å². The van der Waals surface area contributed by atoms with Crippen molar-refractivity contribution < 1.29 is 9.53 Å². The number of carbonyl (C=O) groups is 1. The first kappa shape index (κ1) is 19.9. The number of hydrogen-bond donors (Lipinski definition) is 0. The lowest BCUT2D eigenvalue weighted by molar-refractivity contribution is -0.144. The number of aryl methyl sites for hydroxylation is 1. The molecule has 0 atom stereocenters. The lowest BCUT2D eigenvalue weighted by Crippen LogP contribution is -2.09. The van der Waals surface area contributed by atoms with E-state index in [1.165, 1.54) is 0 Å². The summed E-state index contributed by atoms with van der Waals surface area (Å²) in [5.41, 5.74) is 5.24. The number of esters is 1. The normalized spacial score (nSPS) is 11.2. The summed E-state index contributed by atoms with van der Waals surface area (Å²) in [6.07, 6.45) is 4.65. The molecule has 0 fully saturated rings. The van der Waals surface area contributed by atoms with E-state index in [9.17, 15) is 4.79 Å². The molecule has 0 aliphatic heterocycles. The third-order valence-corrected chi connectivity index (χ3v) is 4.75. The van der Waals surface area contributed by atoms with Crippen molar-refractivity contribution in [3.05, 3.63) is 65.2 Å². The molecule has 3 rings (SSSR count). The van der Waals surface area contributed by atoms with Crippen molar-refractivity contribution in [2.24, 2.45) is 5.92 Å². The Morgan fingerprint density at radius 1 is 1.18 bits per heavy atom. The summed E-state index contributed by atoms with van der Waals surface area (Å²) < 4.78 is 9.28. The van der Waals surface area contributed by atoms with E-state index in [4.69, 9.17) is 4.74 Å². The summed E-state index contributed by atoms with van der Waals surface area (Å²) in [6, 6.07) is 9.72. The molecule has 0 bridgehead atoms. The smallest absolute Gasteiger partial charge is 0.306 e. The molecule has 0 amide bonds. The first-order valence-corrected chi connectivity index (χ1v) is 9.71. The van der Waals surface area contributed by atoms with Crippen LogP contribution in [-0.4, -0.2) is 25.5 Å². The molecule has 1 aromatic carbocycles. The highest BCUT2D eigenvalue weighted by Gasteiger charge is 2.14. The summed E-state index contributed by atoms with van der Waals surface area (Å²) in [6.45, 7) is 9.61. The molecule has 148 valence electrons. The highest BCUT2D eigenvalue weighted by molar-refractivity contribution is 5.69. The van der Waals surface area contributed by atoms with Crippen LogP contribution in [0.15, 0.2) is 42.7 Å². The predicted molar refractivity (Wildman–Crippen MR) is 108 cm³/mol. The van der Waals surface area contributed by atoms with E-state index in [1.54, 1.807) is 10.9 Å². The third-order valence-electron chi connectivity index (χ3n) is 4.75. The Kier molecular flexibility index (Phi) is 6.29. The van der Waals surface area contributed by atoms with Gasteiger partial charge in [0.25, 0.3) is 0 Å². The lowest BCUT2D eigenvalue weighted by atomic mass is 10.1. The number of benzene rings is 1. The number of nitrogens with zero attached hydrogens (tertiary/aromatic N) is 4. The van der Waals surface area contributed by atoms with Gasteiger partial charge in [-0.3, -0.25) is 9.48 Å². The zero-order valence-electron chi connectivity index (χ0n) is 17.1. The van der Waals surface area contributed by atoms with E-state index in [1.807, 2.05) is 48.1 Å². The minimum absolute atomic E-state index is 0.188. The average Bonchev–Trinajstić information content (AvgIpc) is 3.28. The van der Waals surface area contributed by atoms with Crippen molar-refractivity contribution in [3.63, 3.8) is 0 Å². The van der Waals surface area contributed by atoms with E-state index >= 15 is 0 Å². The molecule has 2 aromatic heterocycles. The molecular formula is C22H28N4O2. The van der Waals surface area contributed by atoms with E-state index < -0.39 is 0 Å². The Hall–Kier alpha value is -2.89. The Balaban J connectivity index is 1.50. The van der Waals surface area contributed by atoms with Gasteiger partial charge in [0.2, 0.25) is 0 Å². The van der Waals surface area contributed by atoms with Crippen molar-refractivity contribution >= 4 is 5.97 Å². The molecule has 28 heavy (non-hydrogen) atoms. The predicted octanol–water partition coefficient (Wildman–Crippen LogP) is 4.02. The maximum atomic E-state index is 12.2. The molecule has 0 radical (unpaired) electrons. The molecule has 0 aliphatic rings. The Morgan fingerprint density at radius 2 is 1.93 bits per heavy atom. The SMILES string of the molecule is Cc1nn(CC(C)C)c(C)c1CCC(=O)OCc1ccc(-n2cccn2)cc1. The number of rotatable bonds is 8. The molecule has 0 unspecified atom stereocenters. The molecule has 0 saturated carbocycles. The maximum absolute atomic E-state index is 12.2. The van der Waals surface area contributed by atoms with Crippen LogP contribution in [0.2, 0.25) is 0 Å². The van der Waals surface area contributed by atoms with Crippen LogP contribution < -0.4 is 0 Å². The highest BCUT2D eigenvalue weighted by Crippen LogP contribution is 2.17. The summed E-state index contributed by atoms with van der Waals surface area (Å²) in [7, 11) is 0. The van der Waals surface area contributed by atoms with Crippen LogP contribution in [0.25, 0.3) is 5.69 Å². The topological polar surface area (TPSA) is 61.9 Å². The number of ether oxygens (including phenoxy) is 1. The second-order valence-corrected chi connectivity index (χ2v) is 7.50. The summed E-state index contributed by atoms with van der Waals surface area (Å²) in [4.78, 5) is 12.2. The molecule has 6 nitrogen and oxygen atoms in total. The summed E-state index contributed by atoms with van der Waals surface area (Å²) in [5, 5.41) is 8.81. The Bertz CT molecular complexity index is 909. The summed E-state index contributed by atoms with van der Waals surface area (Å²) >= 11 is 0. The monoisotopic (exact) mass is 380 g/mol. The minimum Gasteiger partial charge on any atom is -0.461 e. The van der Waals surface area contributed by atoms with Crippen molar-refractivity contribution in [1.29, 1.82) is 0 Å². The van der Waals surface area contributed by atoms with Gasteiger partial charge in [-0.25, -0.2) is 4.68 Å². The molecular weight excluding hydrogens is 352 g/mol. The Morgan fingerprint density at radius 3 is 2.57 bits per heavy atom. The van der Waals surface area contributed by atoms with E-state index in [-0.39, 0.29) is 12.6 Å². The fourth-order valence-corrected chi connectivity index (χ4v) is 3.25. The van der Waals surface area contributed by atoms with Crippen molar-refractivity contribution in [1.82, 2.24) is 19.6 Å². The van der Waals surface area contributed by atoms with Gasteiger partial charge in [0.05, 0.1) is 11.4 Å². The third kappa shape index (κ3) is 4.88.